The average molecular weight is 340 g/mol. The lowest BCUT2D eigenvalue weighted by atomic mass is 9.80. The van der Waals surface area contributed by atoms with Gasteiger partial charge in [0.1, 0.15) is 12.2 Å². The summed E-state index contributed by atoms with van der Waals surface area (Å²) in [6.45, 7) is 2.58. The summed E-state index contributed by atoms with van der Waals surface area (Å²) in [6, 6.07) is 0. The Morgan fingerprint density at radius 3 is 2.75 bits per heavy atom. The maximum Gasteiger partial charge on any atom is 0.260 e. The van der Waals surface area contributed by atoms with Crippen LogP contribution in [0.5, 0.6) is 0 Å². The monoisotopic (exact) mass is 340 g/mol. The van der Waals surface area contributed by atoms with Gasteiger partial charge in [-0.15, -0.1) is 0 Å². The van der Waals surface area contributed by atoms with Gasteiger partial charge >= 0.3 is 0 Å². The molecule has 2 saturated heterocycles. The largest absolute Gasteiger partial charge is 0.376 e. The first-order valence-corrected chi connectivity index (χ1v) is 8.98. The molecule has 2 heterocycles. The molecule has 6 nitrogen and oxygen atoms in total. The Kier molecular flexibility index (Phi) is 4.03. The van der Waals surface area contributed by atoms with Crippen LogP contribution in [0.1, 0.15) is 32.1 Å². The fourth-order valence-electron chi connectivity index (χ4n) is 3.81. The molecule has 2 amide bonds. The first kappa shape index (κ1) is 16.3. The summed E-state index contributed by atoms with van der Waals surface area (Å²) in [6.07, 6.45) is 3.72. The highest BCUT2D eigenvalue weighted by Crippen LogP contribution is 2.38. The number of alkyl halides is 1. The predicted octanol–water partition coefficient (Wildman–Crippen LogP) is 0.745. The lowest BCUT2D eigenvalue weighted by molar-refractivity contribution is -0.176. The number of carbonyl (C=O) groups is 2. The quantitative estimate of drug-likeness (QED) is 0.761. The Hall–Kier alpha value is -1.21. The van der Waals surface area contributed by atoms with E-state index in [0.29, 0.717) is 51.6 Å². The second-order valence-corrected chi connectivity index (χ2v) is 7.79. The molecule has 24 heavy (non-hydrogen) atoms. The van der Waals surface area contributed by atoms with Crippen LogP contribution in [0.4, 0.5) is 4.39 Å². The number of amides is 2. The molecular weight excluding hydrogens is 315 g/mol. The summed E-state index contributed by atoms with van der Waals surface area (Å²) in [5.41, 5.74) is -2.43. The van der Waals surface area contributed by atoms with E-state index in [-0.39, 0.29) is 12.5 Å². The molecule has 2 aliphatic heterocycles. The third kappa shape index (κ3) is 3.04. The summed E-state index contributed by atoms with van der Waals surface area (Å²) >= 11 is 0. The van der Waals surface area contributed by atoms with Gasteiger partial charge in [-0.1, -0.05) is 0 Å². The number of halogens is 1. The van der Waals surface area contributed by atoms with Gasteiger partial charge < -0.3 is 19.3 Å². The minimum atomic E-state index is -1.70. The van der Waals surface area contributed by atoms with Crippen LogP contribution in [-0.2, 0) is 19.1 Å². The Balaban J connectivity index is 1.48. The van der Waals surface area contributed by atoms with E-state index in [2.05, 4.69) is 0 Å². The molecule has 2 saturated carbocycles. The molecule has 0 N–H and O–H groups in total. The van der Waals surface area contributed by atoms with Gasteiger partial charge in [0.15, 0.2) is 5.67 Å². The van der Waals surface area contributed by atoms with Crippen LogP contribution in [-0.4, -0.2) is 78.9 Å². The van der Waals surface area contributed by atoms with Crippen molar-refractivity contribution in [3.05, 3.63) is 0 Å². The van der Waals surface area contributed by atoms with E-state index >= 15 is 0 Å². The van der Waals surface area contributed by atoms with Gasteiger partial charge in [0.05, 0.1) is 26.3 Å². The molecule has 4 aliphatic rings. The number of nitrogens with zero attached hydrogens (tertiary/aromatic N) is 2. The zero-order chi connectivity index (χ0) is 16.8. The first-order chi connectivity index (χ1) is 11.5. The molecule has 134 valence electrons. The van der Waals surface area contributed by atoms with Gasteiger partial charge in [-0.2, -0.15) is 0 Å². The van der Waals surface area contributed by atoms with Crippen LogP contribution in [0, 0.1) is 5.92 Å². The normalized spacial score (nSPS) is 33.3. The molecule has 4 rings (SSSR count). The van der Waals surface area contributed by atoms with E-state index in [1.165, 1.54) is 12.8 Å². The van der Waals surface area contributed by atoms with E-state index in [4.69, 9.17) is 9.47 Å². The van der Waals surface area contributed by atoms with Crippen molar-refractivity contribution in [2.45, 2.75) is 43.4 Å². The topological polar surface area (TPSA) is 59.1 Å². The molecular formula is C17H25FN2O4. The van der Waals surface area contributed by atoms with E-state index < -0.39 is 17.2 Å². The van der Waals surface area contributed by atoms with Crippen LogP contribution in [0.25, 0.3) is 0 Å². The van der Waals surface area contributed by atoms with Gasteiger partial charge in [-0.3, -0.25) is 9.59 Å². The van der Waals surface area contributed by atoms with Crippen molar-refractivity contribution in [3.63, 3.8) is 0 Å². The lowest BCUT2D eigenvalue weighted by Gasteiger charge is -2.44. The summed E-state index contributed by atoms with van der Waals surface area (Å²) in [5, 5.41) is 0. The van der Waals surface area contributed by atoms with Gasteiger partial charge in [0.2, 0.25) is 5.91 Å². The Morgan fingerprint density at radius 2 is 2.08 bits per heavy atom. The van der Waals surface area contributed by atoms with Crippen molar-refractivity contribution in [1.82, 2.24) is 9.80 Å². The number of hydrogen-bond acceptors (Lipinski definition) is 4. The van der Waals surface area contributed by atoms with Gasteiger partial charge in [0, 0.05) is 13.1 Å². The van der Waals surface area contributed by atoms with Crippen LogP contribution >= 0.6 is 0 Å². The summed E-state index contributed by atoms with van der Waals surface area (Å²) < 4.78 is 26.1. The third-order valence-corrected chi connectivity index (χ3v) is 5.68. The highest BCUT2D eigenvalue weighted by atomic mass is 19.1. The van der Waals surface area contributed by atoms with Crippen LogP contribution in [0.3, 0.4) is 0 Å². The van der Waals surface area contributed by atoms with Crippen molar-refractivity contribution in [2.75, 3.05) is 46.0 Å². The Morgan fingerprint density at radius 1 is 1.29 bits per heavy atom. The molecule has 1 spiro atoms. The minimum Gasteiger partial charge on any atom is -0.376 e. The lowest BCUT2D eigenvalue weighted by Crippen LogP contribution is -2.62. The van der Waals surface area contributed by atoms with E-state index in [1.807, 2.05) is 4.90 Å². The number of carbonyl (C=O) groups excluding carboxylic acids is 2. The van der Waals surface area contributed by atoms with Crippen molar-refractivity contribution >= 4 is 11.8 Å². The molecule has 0 aromatic carbocycles. The SMILES string of the molecule is O=C1COC2(COCCN(C(=O)C3(F)CCC3)C2)CN1CC1CC1. The molecule has 0 bridgehead atoms. The highest BCUT2D eigenvalue weighted by Gasteiger charge is 2.50. The summed E-state index contributed by atoms with van der Waals surface area (Å²) in [5.74, 6) is 0.154. The number of morpholine rings is 1. The summed E-state index contributed by atoms with van der Waals surface area (Å²) in [4.78, 5) is 28.1. The maximum atomic E-state index is 14.6. The van der Waals surface area contributed by atoms with Crippen molar-refractivity contribution in [3.8, 4) is 0 Å². The van der Waals surface area contributed by atoms with E-state index in [0.717, 1.165) is 13.0 Å². The fraction of sp³-hybridized carbons (Fsp3) is 0.882. The second kappa shape index (κ2) is 5.95. The Labute approximate surface area is 141 Å². The van der Waals surface area contributed by atoms with Gasteiger partial charge in [0.25, 0.3) is 5.91 Å². The smallest absolute Gasteiger partial charge is 0.260 e. The average Bonchev–Trinajstić information content (AvgIpc) is 3.36. The van der Waals surface area contributed by atoms with Crippen molar-refractivity contribution in [2.24, 2.45) is 5.92 Å². The second-order valence-electron chi connectivity index (χ2n) is 7.79. The first-order valence-electron chi connectivity index (χ1n) is 8.98. The van der Waals surface area contributed by atoms with Gasteiger partial charge in [-0.25, -0.2) is 4.39 Å². The minimum absolute atomic E-state index is 0.00407. The molecule has 0 aromatic rings. The van der Waals surface area contributed by atoms with E-state index in [9.17, 15) is 14.0 Å². The zero-order valence-corrected chi connectivity index (χ0v) is 14.0. The fourth-order valence-corrected chi connectivity index (χ4v) is 3.81. The van der Waals surface area contributed by atoms with Crippen LogP contribution in [0.15, 0.2) is 0 Å². The molecule has 4 fully saturated rings. The predicted molar refractivity (Wildman–Crippen MR) is 83.1 cm³/mol. The maximum absolute atomic E-state index is 14.6. The van der Waals surface area contributed by atoms with Gasteiger partial charge in [-0.05, 0) is 38.0 Å². The van der Waals surface area contributed by atoms with Crippen LogP contribution in [0.2, 0.25) is 0 Å². The number of rotatable bonds is 3. The van der Waals surface area contributed by atoms with Crippen LogP contribution < -0.4 is 0 Å². The number of hydrogen-bond donors (Lipinski definition) is 0. The highest BCUT2D eigenvalue weighted by molar-refractivity contribution is 5.86. The standard InChI is InChI=1S/C17H25FN2O4/c18-17(4-1-5-17)15(22)19-6-7-23-12-16(10-19)11-20(8-13-2-3-13)14(21)9-24-16/h13H,1-12H2. The van der Waals surface area contributed by atoms with E-state index in [1.54, 1.807) is 4.90 Å². The zero-order valence-electron chi connectivity index (χ0n) is 14.0. The summed E-state index contributed by atoms with van der Waals surface area (Å²) in [7, 11) is 0. The van der Waals surface area contributed by atoms with Crippen molar-refractivity contribution < 1.29 is 23.5 Å². The molecule has 1 unspecified atom stereocenters. The number of ether oxygens (including phenoxy) is 2. The van der Waals surface area contributed by atoms with Crippen molar-refractivity contribution in [1.29, 1.82) is 0 Å². The molecule has 0 aromatic heterocycles. The molecule has 2 aliphatic carbocycles. The molecule has 1 atom stereocenters. The Bertz CT molecular complexity index is 535. The molecule has 0 radical (unpaired) electrons. The molecule has 7 heteroatoms. The third-order valence-electron chi connectivity index (χ3n) is 5.68.